The van der Waals surface area contributed by atoms with Crippen molar-refractivity contribution in [3.05, 3.63) is 27.9 Å². The molecule has 2 N–H and O–H groups in total. The van der Waals surface area contributed by atoms with Crippen LogP contribution in [0.1, 0.15) is 22.6 Å². The minimum absolute atomic E-state index is 0.00865. The number of hydrogen-bond donors (Lipinski definition) is 2. The maximum Gasteiger partial charge on any atom is 0.263 e. The van der Waals surface area contributed by atoms with Crippen molar-refractivity contribution in [3.63, 3.8) is 0 Å². The Morgan fingerprint density at radius 2 is 2.43 bits per heavy atom. The number of rotatable bonds is 4. The molecular weight excluding hydrogens is 274 g/mol. The second kappa shape index (κ2) is 5.57. The fourth-order valence-corrected chi connectivity index (χ4v) is 3.31. The summed E-state index contributed by atoms with van der Waals surface area (Å²) in [5.41, 5.74) is -0.374. The van der Waals surface area contributed by atoms with Gasteiger partial charge in [-0.15, -0.1) is 0 Å². The number of nitrogens with zero attached hydrogens (tertiary/aromatic N) is 1. The first-order valence-electron chi connectivity index (χ1n) is 7.09. The predicted molar refractivity (Wildman–Crippen MR) is 74.1 cm³/mol. The van der Waals surface area contributed by atoms with Gasteiger partial charge in [0.25, 0.3) is 11.5 Å². The number of H-pyrrole nitrogens is 1. The molecule has 2 aliphatic rings. The average Bonchev–Trinajstić information content (AvgIpc) is 2.86. The smallest absolute Gasteiger partial charge is 0.263 e. The Morgan fingerprint density at radius 3 is 3.14 bits per heavy atom. The molecule has 1 aromatic rings. The van der Waals surface area contributed by atoms with Crippen LogP contribution in [0, 0.1) is 18.8 Å². The van der Waals surface area contributed by atoms with E-state index < -0.39 is 5.56 Å². The lowest BCUT2D eigenvalue weighted by Crippen LogP contribution is -2.63. The second-order valence-electron chi connectivity index (χ2n) is 5.62. The van der Waals surface area contributed by atoms with Gasteiger partial charge in [0.05, 0.1) is 12.7 Å². The van der Waals surface area contributed by atoms with Gasteiger partial charge in [-0.2, -0.15) is 0 Å². The van der Waals surface area contributed by atoms with Crippen molar-refractivity contribution in [3.8, 4) is 0 Å². The van der Waals surface area contributed by atoms with Crippen LogP contribution in [0.2, 0.25) is 0 Å². The zero-order chi connectivity index (χ0) is 15.0. The van der Waals surface area contributed by atoms with Crippen molar-refractivity contribution < 1.29 is 14.3 Å². The molecule has 1 aromatic heterocycles. The number of ether oxygens (including phenoxy) is 2. The van der Waals surface area contributed by atoms with Gasteiger partial charge in [0.2, 0.25) is 0 Å². The molecule has 1 saturated heterocycles. The molecule has 1 saturated carbocycles. The summed E-state index contributed by atoms with van der Waals surface area (Å²) in [7, 11) is 1.63. The van der Waals surface area contributed by atoms with E-state index in [0.29, 0.717) is 25.0 Å². The minimum Gasteiger partial charge on any atom is -0.384 e. The summed E-state index contributed by atoms with van der Waals surface area (Å²) in [6.07, 6.45) is 2.40. The van der Waals surface area contributed by atoms with Crippen molar-refractivity contribution in [1.29, 1.82) is 0 Å². The first kappa shape index (κ1) is 14.2. The van der Waals surface area contributed by atoms with E-state index in [4.69, 9.17) is 9.47 Å². The normalized spacial score (nSPS) is 30.6. The predicted octanol–water partition coefficient (Wildman–Crippen LogP) is -0.142. The molecule has 4 atom stereocenters. The van der Waals surface area contributed by atoms with Gasteiger partial charge < -0.3 is 19.8 Å². The van der Waals surface area contributed by atoms with Crippen LogP contribution in [0.4, 0.5) is 0 Å². The van der Waals surface area contributed by atoms with Crippen LogP contribution in [0.3, 0.4) is 0 Å². The van der Waals surface area contributed by atoms with Gasteiger partial charge in [0.1, 0.15) is 11.4 Å². The van der Waals surface area contributed by atoms with Crippen LogP contribution < -0.4 is 10.9 Å². The zero-order valence-corrected chi connectivity index (χ0v) is 12.1. The number of aromatic nitrogens is 2. The molecule has 7 nitrogen and oxygen atoms in total. The third-order valence-electron chi connectivity index (χ3n) is 4.36. The summed E-state index contributed by atoms with van der Waals surface area (Å²) in [4.78, 5) is 30.6. The van der Waals surface area contributed by atoms with E-state index in [1.807, 2.05) is 0 Å². The van der Waals surface area contributed by atoms with Gasteiger partial charge in [-0.25, -0.2) is 4.98 Å². The highest BCUT2D eigenvalue weighted by Crippen LogP contribution is 2.43. The number of methoxy groups -OCH3 is 1. The summed E-state index contributed by atoms with van der Waals surface area (Å²) in [5, 5.41) is 2.94. The monoisotopic (exact) mass is 293 g/mol. The van der Waals surface area contributed by atoms with E-state index >= 15 is 0 Å². The highest BCUT2D eigenvalue weighted by atomic mass is 16.5. The van der Waals surface area contributed by atoms with Crippen LogP contribution in [-0.2, 0) is 9.47 Å². The number of aryl methyl sites for hydroxylation is 1. The summed E-state index contributed by atoms with van der Waals surface area (Å²) in [6, 6.07) is -0.00865. The number of nitrogens with one attached hydrogen (secondary N) is 2. The van der Waals surface area contributed by atoms with Crippen molar-refractivity contribution >= 4 is 5.91 Å². The largest absolute Gasteiger partial charge is 0.384 e. The molecule has 0 bridgehead atoms. The lowest BCUT2D eigenvalue weighted by molar-refractivity contribution is -0.0809. The molecule has 0 unspecified atom stereocenters. The summed E-state index contributed by atoms with van der Waals surface area (Å²) in [6.45, 7) is 2.92. The van der Waals surface area contributed by atoms with E-state index in [1.54, 1.807) is 14.0 Å². The van der Waals surface area contributed by atoms with Crippen LogP contribution in [0.5, 0.6) is 0 Å². The molecule has 7 heteroatoms. The van der Waals surface area contributed by atoms with E-state index in [2.05, 4.69) is 15.3 Å². The molecule has 114 valence electrons. The maximum absolute atomic E-state index is 12.3. The van der Waals surface area contributed by atoms with Gasteiger partial charge in [-0.3, -0.25) is 9.59 Å². The topological polar surface area (TPSA) is 93.3 Å². The Hall–Kier alpha value is -1.73. The van der Waals surface area contributed by atoms with Crippen LogP contribution in [0.25, 0.3) is 0 Å². The fourth-order valence-electron chi connectivity index (χ4n) is 3.31. The standard InChI is InChI=1S/C14H19N3O4/c1-7-15-5-9(13(18)16-7)14(19)17-11-8-3-4-21-12(8)10(11)6-20-2/h5,8,10-12H,3-4,6H2,1-2H3,(H,17,19)(H,15,16,18)/t8-,10+,11-,12-/m1/s1. The molecule has 1 aliphatic heterocycles. The lowest BCUT2D eigenvalue weighted by Gasteiger charge is -2.47. The molecule has 1 aliphatic carbocycles. The molecular formula is C14H19N3O4. The van der Waals surface area contributed by atoms with E-state index in [0.717, 1.165) is 6.42 Å². The molecule has 0 spiro atoms. The number of hydrogen-bond acceptors (Lipinski definition) is 5. The summed E-state index contributed by atoms with van der Waals surface area (Å²) >= 11 is 0. The zero-order valence-electron chi connectivity index (χ0n) is 12.1. The Labute approximate surface area is 122 Å². The Bertz CT molecular complexity index is 600. The Kier molecular flexibility index (Phi) is 3.77. The first-order chi connectivity index (χ1) is 10.1. The van der Waals surface area contributed by atoms with Gasteiger partial charge in [-0.05, 0) is 13.3 Å². The highest BCUT2D eigenvalue weighted by Gasteiger charge is 2.54. The quantitative estimate of drug-likeness (QED) is 0.806. The highest BCUT2D eigenvalue weighted by molar-refractivity contribution is 5.93. The van der Waals surface area contributed by atoms with Crippen molar-refractivity contribution in [1.82, 2.24) is 15.3 Å². The number of aromatic amines is 1. The number of carbonyl (C=O) groups excluding carboxylic acids is 1. The molecule has 3 rings (SSSR count). The van der Waals surface area contributed by atoms with Gasteiger partial charge in [-0.1, -0.05) is 0 Å². The van der Waals surface area contributed by atoms with Gasteiger partial charge in [0.15, 0.2) is 0 Å². The van der Waals surface area contributed by atoms with E-state index in [-0.39, 0.29) is 29.5 Å². The molecule has 1 amide bonds. The van der Waals surface area contributed by atoms with Gasteiger partial charge in [0, 0.05) is 37.8 Å². The number of amides is 1. The van der Waals surface area contributed by atoms with Crippen LogP contribution in [-0.4, -0.2) is 48.3 Å². The van der Waals surface area contributed by atoms with Crippen molar-refractivity contribution in [2.75, 3.05) is 20.3 Å². The minimum atomic E-state index is -0.415. The fraction of sp³-hybridized carbons (Fsp3) is 0.643. The van der Waals surface area contributed by atoms with Crippen molar-refractivity contribution in [2.45, 2.75) is 25.5 Å². The first-order valence-corrected chi connectivity index (χ1v) is 7.09. The van der Waals surface area contributed by atoms with Crippen molar-refractivity contribution in [2.24, 2.45) is 11.8 Å². The lowest BCUT2D eigenvalue weighted by atomic mass is 9.67. The average molecular weight is 293 g/mol. The Morgan fingerprint density at radius 1 is 1.62 bits per heavy atom. The van der Waals surface area contributed by atoms with E-state index in [9.17, 15) is 9.59 Å². The van der Waals surface area contributed by atoms with E-state index in [1.165, 1.54) is 6.20 Å². The molecule has 0 radical (unpaired) electrons. The molecule has 21 heavy (non-hydrogen) atoms. The molecule has 0 aromatic carbocycles. The van der Waals surface area contributed by atoms with Gasteiger partial charge >= 0.3 is 0 Å². The summed E-state index contributed by atoms with van der Waals surface area (Å²) in [5.74, 6) is 0.553. The Balaban J connectivity index is 1.73. The molecule has 2 fully saturated rings. The van der Waals surface area contributed by atoms with Crippen LogP contribution >= 0.6 is 0 Å². The third-order valence-corrected chi connectivity index (χ3v) is 4.36. The number of carbonyl (C=O) groups is 1. The van der Waals surface area contributed by atoms with Crippen LogP contribution in [0.15, 0.2) is 11.0 Å². The SMILES string of the molecule is COC[C@H]1[C@H](NC(=O)c2cnc(C)[nH]c2=O)[C@H]2CCO[C@H]21. The molecule has 2 heterocycles. The second-order valence-corrected chi connectivity index (χ2v) is 5.62. The maximum atomic E-state index is 12.3. The third kappa shape index (κ3) is 2.47. The summed E-state index contributed by atoms with van der Waals surface area (Å²) < 4.78 is 10.9. The number of fused-ring (bicyclic) bond motifs is 1.